The van der Waals surface area contributed by atoms with Crippen LogP contribution in [0.15, 0.2) is 47.2 Å². The third-order valence-electron chi connectivity index (χ3n) is 5.24. The van der Waals surface area contributed by atoms with Gasteiger partial charge in [-0.05, 0) is 52.7 Å². The Morgan fingerprint density at radius 3 is 2.68 bits per heavy atom. The Labute approximate surface area is 191 Å². The van der Waals surface area contributed by atoms with Crippen molar-refractivity contribution in [2.75, 3.05) is 18.6 Å². The van der Waals surface area contributed by atoms with E-state index in [1.807, 2.05) is 11.5 Å². The Balaban J connectivity index is 1.96. The molecule has 4 rings (SSSR count). The highest BCUT2D eigenvalue weighted by atomic mass is 79.9. The van der Waals surface area contributed by atoms with E-state index in [1.165, 1.54) is 17.0 Å². The number of hydrogen-bond acceptors (Lipinski definition) is 4. The van der Waals surface area contributed by atoms with Gasteiger partial charge >= 0.3 is 0 Å². The van der Waals surface area contributed by atoms with Gasteiger partial charge in [-0.25, -0.2) is 9.37 Å². The van der Waals surface area contributed by atoms with Crippen LogP contribution in [0, 0.1) is 17.1 Å². The van der Waals surface area contributed by atoms with Gasteiger partial charge in [0, 0.05) is 7.11 Å². The average molecular weight is 504 g/mol. The number of rotatable bonds is 5. The molecule has 1 aromatic heterocycles. The minimum absolute atomic E-state index is 0.0620. The van der Waals surface area contributed by atoms with Crippen LogP contribution >= 0.6 is 27.5 Å². The molecule has 0 aliphatic carbocycles. The van der Waals surface area contributed by atoms with Crippen molar-refractivity contribution in [1.82, 2.24) is 9.55 Å². The number of nitrogens with zero attached hydrogens (tertiary/aromatic N) is 4. The van der Waals surface area contributed by atoms with E-state index < -0.39 is 17.8 Å². The van der Waals surface area contributed by atoms with Crippen molar-refractivity contribution in [2.45, 2.75) is 19.0 Å². The summed E-state index contributed by atoms with van der Waals surface area (Å²) in [6, 6.07) is 12.7. The number of anilines is 1. The highest BCUT2D eigenvalue weighted by Gasteiger charge is 2.45. The monoisotopic (exact) mass is 502 g/mol. The molecule has 31 heavy (non-hydrogen) atoms. The summed E-state index contributed by atoms with van der Waals surface area (Å²) in [5, 5.41) is 9.08. The Bertz CT molecular complexity index is 1210. The number of imidazole rings is 1. The molecule has 2 atom stereocenters. The molecule has 0 radical (unpaired) electrons. The first kappa shape index (κ1) is 21.5. The third-order valence-corrected chi connectivity index (χ3v) is 6.09. The number of amides is 1. The molecule has 0 bridgehead atoms. The number of halogens is 3. The molecule has 1 amide bonds. The zero-order chi connectivity index (χ0) is 22.3. The van der Waals surface area contributed by atoms with Gasteiger partial charge in [0.25, 0.3) is 5.91 Å². The SMILES string of the molecule is COCC(C)n1c(Br)nc2c1C(c1ccc(C#N)cc1)N(c1cccc(Cl)c1F)C2=O. The molecule has 158 valence electrons. The number of aromatic nitrogens is 2. The van der Waals surface area contributed by atoms with E-state index in [1.54, 1.807) is 37.4 Å². The van der Waals surface area contributed by atoms with E-state index >= 15 is 0 Å². The van der Waals surface area contributed by atoms with E-state index in [4.69, 9.17) is 21.6 Å². The molecule has 1 aliphatic heterocycles. The second-order valence-corrected chi connectivity index (χ2v) is 8.29. The Morgan fingerprint density at radius 1 is 1.32 bits per heavy atom. The van der Waals surface area contributed by atoms with Crippen molar-refractivity contribution in [3.05, 3.63) is 80.6 Å². The molecule has 2 heterocycles. The second kappa shape index (κ2) is 8.42. The summed E-state index contributed by atoms with van der Waals surface area (Å²) < 4.78 is 22.7. The van der Waals surface area contributed by atoms with Gasteiger partial charge in [0.2, 0.25) is 0 Å². The molecule has 6 nitrogen and oxygen atoms in total. The Morgan fingerprint density at radius 2 is 2.03 bits per heavy atom. The number of carbonyl (C=O) groups is 1. The molecule has 2 unspecified atom stereocenters. The van der Waals surface area contributed by atoms with Crippen molar-refractivity contribution in [2.24, 2.45) is 0 Å². The van der Waals surface area contributed by atoms with Crippen LogP contribution in [0.3, 0.4) is 0 Å². The van der Waals surface area contributed by atoms with Crippen LogP contribution in [0.1, 0.15) is 46.3 Å². The number of ether oxygens (including phenoxy) is 1. The lowest BCUT2D eigenvalue weighted by Crippen LogP contribution is -2.31. The predicted octanol–water partition coefficient (Wildman–Crippen LogP) is 5.27. The molecular weight excluding hydrogens is 487 g/mol. The van der Waals surface area contributed by atoms with Gasteiger partial charge in [-0.3, -0.25) is 9.69 Å². The van der Waals surface area contributed by atoms with E-state index in [-0.39, 0.29) is 22.4 Å². The van der Waals surface area contributed by atoms with E-state index in [0.29, 0.717) is 28.2 Å². The first-order valence-corrected chi connectivity index (χ1v) is 10.6. The summed E-state index contributed by atoms with van der Waals surface area (Å²) in [4.78, 5) is 19.3. The van der Waals surface area contributed by atoms with Crippen LogP contribution in [-0.4, -0.2) is 29.2 Å². The highest BCUT2D eigenvalue weighted by molar-refractivity contribution is 9.10. The van der Waals surface area contributed by atoms with Gasteiger partial charge in [-0.2, -0.15) is 5.26 Å². The van der Waals surface area contributed by atoms with Crippen LogP contribution in [0.2, 0.25) is 5.02 Å². The van der Waals surface area contributed by atoms with Crippen molar-refractivity contribution in [3.63, 3.8) is 0 Å². The van der Waals surface area contributed by atoms with Gasteiger partial charge in [0.1, 0.15) is 6.04 Å². The maximum Gasteiger partial charge on any atom is 0.279 e. The van der Waals surface area contributed by atoms with Crippen molar-refractivity contribution >= 4 is 39.1 Å². The molecule has 0 spiro atoms. The van der Waals surface area contributed by atoms with Crippen molar-refractivity contribution in [3.8, 4) is 6.07 Å². The van der Waals surface area contributed by atoms with Crippen LogP contribution < -0.4 is 4.90 Å². The molecule has 0 N–H and O–H groups in total. The fourth-order valence-corrected chi connectivity index (χ4v) is 4.79. The standard InChI is InChI=1S/C22H17BrClFN4O2/c1-12(11-31-2)28-20-18(27-22(28)23)21(30)29(16-5-3-4-15(24)17(16)25)19(20)14-8-6-13(10-26)7-9-14/h3-9,12,19H,11H2,1-2H3. The normalized spacial score (nSPS) is 16.3. The maximum atomic E-state index is 15.0. The Kier molecular flexibility index (Phi) is 5.84. The van der Waals surface area contributed by atoms with E-state index in [2.05, 4.69) is 27.0 Å². The van der Waals surface area contributed by atoms with Gasteiger partial charge in [-0.1, -0.05) is 29.8 Å². The lowest BCUT2D eigenvalue weighted by Gasteiger charge is -2.28. The number of methoxy groups -OCH3 is 1. The largest absolute Gasteiger partial charge is 0.383 e. The second-order valence-electron chi connectivity index (χ2n) is 7.17. The van der Waals surface area contributed by atoms with E-state index in [0.717, 1.165) is 0 Å². The first-order valence-electron chi connectivity index (χ1n) is 9.43. The van der Waals surface area contributed by atoms with Crippen LogP contribution in [0.5, 0.6) is 0 Å². The summed E-state index contributed by atoms with van der Waals surface area (Å²) in [6.45, 7) is 2.33. The van der Waals surface area contributed by atoms with Crippen molar-refractivity contribution < 1.29 is 13.9 Å². The number of hydrogen-bond donors (Lipinski definition) is 0. The van der Waals surface area contributed by atoms with Crippen LogP contribution in [-0.2, 0) is 4.74 Å². The lowest BCUT2D eigenvalue weighted by molar-refractivity contribution is 0.0988. The first-order chi connectivity index (χ1) is 14.9. The summed E-state index contributed by atoms with van der Waals surface area (Å²) in [7, 11) is 1.60. The smallest absolute Gasteiger partial charge is 0.279 e. The minimum atomic E-state index is -0.683. The number of benzene rings is 2. The summed E-state index contributed by atoms with van der Waals surface area (Å²) >= 11 is 9.47. The molecule has 0 saturated heterocycles. The number of nitriles is 1. The number of carbonyl (C=O) groups excluding carboxylic acids is 1. The summed E-state index contributed by atoms with van der Waals surface area (Å²) in [5.74, 6) is -1.12. The summed E-state index contributed by atoms with van der Waals surface area (Å²) in [6.07, 6.45) is 0. The quantitative estimate of drug-likeness (QED) is 0.476. The average Bonchev–Trinajstić information content (AvgIpc) is 3.23. The number of fused-ring (bicyclic) bond motifs is 1. The fourth-order valence-electron chi connectivity index (χ4n) is 3.90. The molecule has 0 fully saturated rings. The zero-order valence-corrected chi connectivity index (χ0v) is 19.0. The maximum absolute atomic E-state index is 15.0. The van der Waals surface area contributed by atoms with Gasteiger partial charge in [0.15, 0.2) is 16.2 Å². The molecule has 0 saturated carbocycles. The zero-order valence-electron chi connectivity index (χ0n) is 16.6. The van der Waals surface area contributed by atoms with Crippen molar-refractivity contribution in [1.29, 1.82) is 5.26 Å². The fraction of sp³-hybridized carbons (Fsp3) is 0.227. The van der Waals surface area contributed by atoms with Crippen LogP contribution in [0.4, 0.5) is 10.1 Å². The summed E-state index contributed by atoms with van der Waals surface area (Å²) in [5.41, 5.74) is 2.10. The van der Waals surface area contributed by atoms with Gasteiger partial charge in [-0.15, -0.1) is 0 Å². The molecule has 2 aromatic carbocycles. The van der Waals surface area contributed by atoms with Gasteiger partial charge in [0.05, 0.1) is 40.7 Å². The van der Waals surface area contributed by atoms with E-state index in [9.17, 15) is 9.18 Å². The Hall–Kier alpha value is -2.73. The molecule has 1 aliphatic rings. The van der Waals surface area contributed by atoms with Crippen LogP contribution in [0.25, 0.3) is 0 Å². The predicted molar refractivity (Wildman–Crippen MR) is 118 cm³/mol. The van der Waals surface area contributed by atoms with Gasteiger partial charge < -0.3 is 9.30 Å². The third kappa shape index (κ3) is 3.53. The molecular formula is C22H17BrClFN4O2. The highest BCUT2D eigenvalue weighted by Crippen LogP contribution is 2.45. The lowest BCUT2D eigenvalue weighted by atomic mass is 10.0. The minimum Gasteiger partial charge on any atom is -0.383 e. The molecule has 3 aromatic rings. The topological polar surface area (TPSA) is 71.2 Å². The molecule has 9 heteroatoms.